The molecule has 214 valence electrons. The van der Waals surface area contributed by atoms with E-state index in [1.807, 2.05) is 6.26 Å². The third kappa shape index (κ3) is 9.04. The lowest BCUT2D eigenvalue weighted by Gasteiger charge is -2.21. The van der Waals surface area contributed by atoms with Gasteiger partial charge >= 0.3 is 11.9 Å². The summed E-state index contributed by atoms with van der Waals surface area (Å²) in [4.78, 5) is 37.3. The largest absolute Gasteiger partial charge is 0.478 e. The Hall–Kier alpha value is -3.99. The molecule has 0 spiro atoms. The molecular weight excluding hydrogens is 536 g/mol. The highest BCUT2D eigenvalue weighted by Gasteiger charge is 2.21. The number of carbonyl (C=O) groups is 3. The van der Waals surface area contributed by atoms with Crippen molar-refractivity contribution in [2.45, 2.75) is 52.7 Å². The third-order valence-corrected chi connectivity index (χ3v) is 5.58. The molecule has 0 fully saturated rings. The van der Waals surface area contributed by atoms with E-state index >= 15 is 0 Å². The molecule has 0 unspecified atom stereocenters. The molecule has 1 amide bonds. The van der Waals surface area contributed by atoms with Crippen LogP contribution >= 0.6 is 11.8 Å². The summed E-state index contributed by atoms with van der Waals surface area (Å²) in [6.45, 7) is 9.64. The topological polar surface area (TPSA) is 137 Å². The smallest absolute Gasteiger partial charge is 0.344 e. The number of amides is 1. The molecule has 1 aromatic heterocycles. The second kappa shape index (κ2) is 12.5. The van der Waals surface area contributed by atoms with Crippen molar-refractivity contribution in [1.82, 2.24) is 0 Å². The number of fused-ring (bicyclic) bond motifs is 1. The molecular formula is C29H34N2O8S. The van der Waals surface area contributed by atoms with Gasteiger partial charge in [-0.15, -0.1) is 11.8 Å². The number of carbonyl (C=O) groups excluding carboxylic acids is 3. The van der Waals surface area contributed by atoms with Crippen LogP contribution in [0, 0.1) is 5.41 Å². The predicted molar refractivity (Wildman–Crippen MR) is 154 cm³/mol. The van der Waals surface area contributed by atoms with Gasteiger partial charge in [0.05, 0.1) is 5.04 Å². The summed E-state index contributed by atoms with van der Waals surface area (Å²) in [6.07, 6.45) is 1.82. The summed E-state index contributed by atoms with van der Waals surface area (Å²) in [5.74, 6) is -1.35. The van der Waals surface area contributed by atoms with Crippen molar-refractivity contribution in [2.24, 2.45) is 0 Å². The first-order valence-electron chi connectivity index (χ1n) is 12.4. The highest BCUT2D eigenvalue weighted by atomic mass is 32.2. The van der Waals surface area contributed by atoms with Crippen molar-refractivity contribution >= 4 is 51.3 Å². The minimum Gasteiger partial charge on any atom is -0.478 e. The SMILES string of the molecule is CSC(=N)c1ccc2oc(C(=O)Nc3ccc(OCC(=O)OC(C)(C)C)c(OCC(=O)OC(C)(C)C)c3)cc2c1. The van der Waals surface area contributed by atoms with E-state index in [9.17, 15) is 14.4 Å². The Morgan fingerprint density at radius 2 is 1.45 bits per heavy atom. The van der Waals surface area contributed by atoms with Crippen LogP contribution in [0.2, 0.25) is 0 Å². The van der Waals surface area contributed by atoms with Gasteiger partial charge in [0.2, 0.25) is 0 Å². The Morgan fingerprint density at radius 1 is 0.850 bits per heavy atom. The van der Waals surface area contributed by atoms with E-state index in [4.69, 9.17) is 28.8 Å². The summed E-state index contributed by atoms with van der Waals surface area (Å²) in [6, 6.07) is 11.4. The molecule has 0 bridgehead atoms. The average molecular weight is 571 g/mol. The highest BCUT2D eigenvalue weighted by molar-refractivity contribution is 8.13. The van der Waals surface area contributed by atoms with Crippen molar-refractivity contribution in [3.05, 3.63) is 53.8 Å². The maximum Gasteiger partial charge on any atom is 0.344 e. The van der Waals surface area contributed by atoms with Crippen LogP contribution < -0.4 is 14.8 Å². The fourth-order valence-corrected chi connectivity index (χ4v) is 3.80. The van der Waals surface area contributed by atoms with E-state index in [1.54, 1.807) is 71.9 Å². The number of ether oxygens (including phenoxy) is 4. The summed E-state index contributed by atoms with van der Waals surface area (Å²) in [5.41, 5.74) is 0.185. The summed E-state index contributed by atoms with van der Waals surface area (Å²) in [7, 11) is 0. The van der Waals surface area contributed by atoms with Gasteiger partial charge in [-0.3, -0.25) is 10.2 Å². The zero-order chi connectivity index (χ0) is 29.7. The van der Waals surface area contributed by atoms with Gasteiger partial charge in [0.25, 0.3) is 5.91 Å². The summed E-state index contributed by atoms with van der Waals surface area (Å²) < 4.78 is 27.5. The molecule has 0 radical (unpaired) electrons. The lowest BCUT2D eigenvalue weighted by atomic mass is 10.2. The molecule has 0 atom stereocenters. The molecule has 10 nitrogen and oxygen atoms in total. The minimum atomic E-state index is -0.699. The first-order valence-corrected chi connectivity index (χ1v) is 13.7. The monoisotopic (exact) mass is 570 g/mol. The van der Waals surface area contributed by atoms with Crippen molar-refractivity contribution < 1.29 is 37.7 Å². The number of nitrogens with one attached hydrogen (secondary N) is 2. The number of benzene rings is 2. The number of thioether (sulfide) groups is 1. The van der Waals surface area contributed by atoms with Gasteiger partial charge in [0, 0.05) is 22.7 Å². The van der Waals surface area contributed by atoms with E-state index in [-0.39, 0.29) is 23.9 Å². The van der Waals surface area contributed by atoms with Gasteiger partial charge in [-0.1, -0.05) is 0 Å². The minimum absolute atomic E-state index is 0.0734. The van der Waals surface area contributed by atoms with E-state index in [0.717, 1.165) is 5.56 Å². The van der Waals surface area contributed by atoms with Crippen molar-refractivity contribution in [3.8, 4) is 11.5 Å². The lowest BCUT2D eigenvalue weighted by molar-refractivity contribution is -0.158. The quantitative estimate of drug-likeness (QED) is 0.185. The van der Waals surface area contributed by atoms with Crippen LogP contribution in [0.25, 0.3) is 11.0 Å². The number of hydrogen-bond acceptors (Lipinski definition) is 10. The molecule has 0 saturated heterocycles. The summed E-state index contributed by atoms with van der Waals surface area (Å²) in [5, 5.41) is 11.8. The van der Waals surface area contributed by atoms with Crippen LogP contribution in [-0.2, 0) is 19.1 Å². The first-order chi connectivity index (χ1) is 18.6. The maximum absolute atomic E-state index is 13.0. The van der Waals surface area contributed by atoms with Crippen LogP contribution in [-0.4, -0.2) is 53.6 Å². The zero-order valence-electron chi connectivity index (χ0n) is 23.6. The van der Waals surface area contributed by atoms with Crippen LogP contribution in [0.4, 0.5) is 5.69 Å². The van der Waals surface area contributed by atoms with Crippen LogP contribution in [0.5, 0.6) is 11.5 Å². The van der Waals surface area contributed by atoms with Gasteiger partial charge in [-0.2, -0.15) is 0 Å². The normalized spacial score (nSPS) is 11.6. The fourth-order valence-electron chi connectivity index (χ4n) is 3.44. The van der Waals surface area contributed by atoms with Crippen LogP contribution in [0.3, 0.4) is 0 Å². The van der Waals surface area contributed by atoms with Crippen molar-refractivity contribution in [2.75, 3.05) is 24.8 Å². The van der Waals surface area contributed by atoms with Crippen LogP contribution in [0.1, 0.15) is 57.7 Å². The number of anilines is 1. The van der Waals surface area contributed by atoms with Gasteiger partial charge < -0.3 is 28.7 Å². The summed E-state index contributed by atoms with van der Waals surface area (Å²) >= 11 is 1.32. The van der Waals surface area contributed by atoms with Crippen molar-refractivity contribution in [3.63, 3.8) is 0 Å². The second-order valence-electron chi connectivity index (χ2n) is 10.8. The van der Waals surface area contributed by atoms with Gasteiger partial charge in [-0.25, -0.2) is 9.59 Å². The van der Waals surface area contributed by atoms with Gasteiger partial charge in [-0.05, 0) is 84.2 Å². The fraction of sp³-hybridized carbons (Fsp3) is 0.379. The average Bonchev–Trinajstić information content (AvgIpc) is 3.28. The molecule has 2 N–H and O–H groups in total. The molecule has 1 heterocycles. The van der Waals surface area contributed by atoms with E-state index in [1.165, 1.54) is 23.9 Å². The van der Waals surface area contributed by atoms with E-state index < -0.39 is 35.7 Å². The van der Waals surface area contributed by atoms with Gasteiger partial charge in [0.1, 0.15) is 16.8 Å². The van der Waals surface area contributed by atoms with Crippen molar-refractivity contribution in [1.29, 1.82) is 5.41 Å². The first kappa shape index (κ1) is 30.6. The molecule has 0 aliphatic heterocycles. The van der Waals surface area contributed by atoms with Crippen LogP contribution in [0.15, 0.2) is 46.9 Å². The molecule has 3 aromatic rings. The third-order valence-electron chi connectivity index (χ3n) is 4.94. The lowest BCUT2D eigenvalue weighted by Crippen LogP contribution is -2.28. The van der Waals surface area contributed by atoms with Gasteiger partial charge in [0.15, 0.2) is 30.5 Å². The standard InChI is InChI=1S/C29H34N2O8S/c1-28(2,3)38-24(32)15-35-21-11-9-19(14-22(21)36-16-25(33)39-29(4,5)6)31-27(34)23-13-18-12-17(26(30)40-7)8-10-20(18)37-23/h8-14,30H,15-16H2,1-7H3,(H,31,34). The predicted octanol–water partition coefficient (Wildman–Crippen LogP) is 5.81. The highest BCUT2D eigenvalue weighted by Crippen LogP contribution is 2.32. The molecule has 0 aliphatic carbocycles. The molecule has 0 aliphatic rings. The van der Waals surface area contributed by atoms with E-state index in [0.29, 0.717) is 21.7 Å². The number of furan rings is 1. The maximum atomic E-state index is 13.0. The Bertz CT molecular complexity index is 1420. The number of rotatable bonds is 9. The molecule has 3 rings (SSSR count). The second-order valence-corrected chi connectivity index (χ2v) is 11.6. The zero-order valence-corrected chi connectivity index (χ0v) is 24.4. The molecule has 2 aromatic carbocycles. The Morgan fingerprint density at radius 3 is 2.02 bits per heavy atom. The molecule has 40 heavy (non-hydrogen) atoms. The number of esters is 2. The van der Waals surface area contributed by atoms with E-state index in [2.05, 4.69) is 5.32 Å². The molecule has 0 saturated carbocycles. The Balaban J connectivity index is 1.79. The molecule has 11 heteroatoms. The Kier molecular flexibility index (Phi) is 9.52. The Labute approximate surface area is 237 Å². The number of hydrogen-bond donors (Lipinski definition) is 2.